The molecule has 0 aromatic carbocycles. The summed E-state index contributed by atoms with van der Waals surface area (Å²) in [5, 5.41) is 0. The van der Waals surface area contributed by atoms with Crippen LogP contribution in [0.5, 0.6) is 0 Å². The van der Waals surface area contributed by atoms with Gasteiger partial charge in [0.05, 0.1) is 0 Å². The second-order valence-electron chi connectivity index (χ2n) is 3.69. The van der Waals surface area contributed by atoms with Crippen LogP contribution in [0.15, 0.2) is 0 Å². The van der Waals surface area contributed by atoms with Crippen molar-refractivity contribution in [1.29, 1.82) is 0 Å². The number of rotatable bonds is 8. The molecular formula is C11H23Br. The van der Waals surface area contributed by atoms with E-state index in [1.165, 1.54) is 51.4 Å². The van der Waals surface area contributed by atoms with Gasteiger partial charge in [0, 0.05) is 4.83 Å². The van der Waals surface area contributed by atoms with E-state index in [1.807, 2.05) is 0 Å². The Kier molecular flexibility index (Phi) is 9.95. The number of hydrogen-bond donors (Lipinski definition) is 0. The first-order valence-electron chi connectivity index (χ1n) is 5.41. The number of alkyl halides is 1. The van der Waals surface area contributed by atoms with Gasteiger partial charge in [0.1, 0.15) is 0 Å². The summed E-state index contributed by atoms with van der Waals surface area (Å²) in [6.45, 7) is 4.50. The summed E-state index contributed by atoms with van der Waals surface area (Å²) in [4.78, 5) is 0.716. The lowest BCUT2D eigenvalue weighted by Crippen LogP contribution is -1.89. The van der Waals surface area contributed by atoms with Crippen molar-refractivity contribution in [3.63, 3.8) is 0 Å². The molecule has 0 N–H and O–H groups in total. The molecule has 0 spiro atoms. The van der Waals surface area contributed by atoms with Crippen molar-refractivity contribution in [3.05, 3.63) is 0 Å². The molecule has 0 aliphatic carbocycles. The van der Waals surface area contributed by atoms with Gasteiger partial charge in [-0.3, -0.25) is 0 Å². The van der Waals surface area contributed by atoms with Gasteiger partial charge in [0.25, 0.3) is 0 Å². The van der Waals surface area contributed by atoms with Gasteiger partial charge >= 0.3 is 0 Å². The zero-order valence-corrected chi connectivity index (χ0v) is 10.2. The number of unbranched alkanes of at least 4 members (excludes halogenated alkanes) is 6. The van der Waals surface area contributed by atoms with Crippen molar-refractivity contribution in [2.24, 2.45) is 0 Å². The molecule has 0 heterocycles. The van der Waals surface area contributed by atoms with Crippen LogP contribution in [0.25, 0.3) is 0 Å². The minimum absolute atomic E-state index is 0.716. The second-order valence-corrected chi connectivity index (χ2v) is 5.25. The average molecular weight is 235 g/mol. The van der Waals surface area contributed by atoms with E-state index in [0.717, 1.165) is 0 Å². The predicted octanol–water partition coefficient (Wildman–Crippen LogP) is 4.91. The third-order valence-corrected chi connectivity index (χ3v) is 2.66. The Morgan fingerprint density at radius 2 is 1.42 bits per heavy atom. The lowest BCUT2D eigenvalue weighted by Gasteiger charge is -2.02. The van der Waals surface area contributed by atoms with Crippen molar-refractivity contribution in [1.82, 2.24) is 0 Å². The molecule has 0 amide bonds. The van der Waals surface area contributed by atoms with E-state index < -0.39 is 0 Å². The highest BCUT2D eigenvalue weighted by molar-refractivity contribution is 9.09. The van der Waals surface area contributed by atoms with E-state index in [0.29, 0.717) is 4.83 Å². The first-order chi connectivity index (χ1) is 5.77. The zero-order chi connectivity index (χ0) is 9.23. The van der Waals surface area contributed by atoms with Gasteiger partial charge in [-0.25, -0.2) is 0 Å². The molecule has 0 bridgehead atoms. The fraction of sp³-hybridized carbons (Fsp3) is 1.00. The molecule has 0 nitrogen and oxygen atoms in total. The summed E-state index contributed by atoms with van der Waals surface area (Å²) in [5.74, 6) is 0. The van der Waals surface area contributed by atoms with Gasteiger partial charge in [0.2, 0.25) is 0 Å². The number of hydrogen-bond acceptors (Lipinski definition) is 0. The Morgan fingerprint density at radius 1 is 0.917 bits per heavy atom. The van der Waals surface area contributed by atoms with Crippen molar-refractivity contribution < 1.29 is 0 Å². The lowest BCUT2D eigenvalue weighted by molar-refractivity contribution is 0.576. The third-order valence-electron chi connectivity index (χ3n) is 2.21. The van der Waals surface area contributed by atoms with Crippen molar-refractivity contribution in [3.8, 4) is 0 Å². The Hall–Kier alpha value is 0.480. The standard InChI is InChI=1S/C11H23Br/c1-3-4-5-6-7-8-9-10-11(2)12/h11H,3-10H2,1-2H3/t11-/m0/s1. The Morgan fingerprint density at radius 3 is 1.92 bits per heavy atom. The van der Waals surface area contributed by atoms with E-state index in [9.17, 15) is 0 Å². The molecule has 0 fully saturated rings. The summed E-state index contributed by atoms with van der Waals surface area (Å²) in [6.07, 6.45) is 11.3. The summed E-state index contributed by atoms with van der Waals surface area (Å²) in [7, 11) is 0. The maximum atomic E-state index is 3.57. The van der Waals surface area contributed by atoms with Gasteiger partial charge < -0.3 is 0 Å². The first-order valence-corrected chi connectivity index (χ1v) is 6.33. The Balaban J connectivity index is 2.82. The van der Waals surface area contributed by atoms with Crippen LogP contribution in [0, 0.1) is 0 Å². The number of halogens is 1. The fourth-order valence-corrected chi connectivity index (χ4v) is 1.71. The van der Waals surface area contributed by atoms with E-state index in [-0.39, 0.29) is 0 Å². The van der Waals surface area contributed by atoms with Crippen LogP contribution in [-0.2, 0) is 0 Å². The van der Waals surface area contributed by atoms with Crippen LogP contribution >= 0.6 is 15.9 Å². The highest BCUT2D eigenvalue weighted by Gasteiger charge is 1.95. The average Bonchev–Trinajstić information content (AvgIpc) is 2.02. The maximum absolute atomic E-state index is 3.57. The summed E-state index contributed by atoms with van der Waals surface area (Å²) >= 11 is 3.57. The maximum Gasteiger partial charge on any atom is 0.0117 e. The first kappa shape index (κ1) is 12.5. The van der Waals surface area contributed by atoms with E-state index in [4.69, 9.17) is 0 Å². The largest absolute Gasteiger partial charge is 0.0894 e. The molecule has 0 aromatic rings. The van der Waals surface area contributed by atoms with Gasteiger partial charge in [0.15, 0.2) is 0 Å². The molecule has 0 saturated heterocycles. The van der Waals surface area contributed by atoms with Gasteiger partial charge in [-0.2, -0.15) is 0 Å². The van der Waals surface area contributed by atoms with E-state index in [1.54, 1.807) is 0 Å². The molecule has 1 heteroatoms. The van der Waals surface area contributed by atoms with Crippen LogP contribution in [0.3, 0.4) is 0 Å². The van der Waals surface area contributed by atoms with Crippen molar-refractivity contribution in [2.45, 2.75) is 70.0 Å². The summed E-state index contributed by atoms with van der Waals surface area (Å²) < 4.78 is 0. The molecule has 0 aromatic heterocycles. The SMILES string of the molecule is CCCCCCCCC[C@H](C)Br. The van der Waals surface area contributed by atoms with Crippen LogP contribution in [-0.4, -0.2) is 4.83 Å². The smallest absolute Gasteiger partial charge is 0.0117 e. The van der Waals surface area contributed by atoms with Gasteiger partial charge in [-0.15, -0.1) is 0 Å². The van der Waals surface area contributed by atoms with Gasteiger partial charge in [-0.05, 0) is 6.42 Å². The van der Waals surface area contributed by atoms with E-state index in [2.05, 4.69) is 29.8 Å². The van der Waals surface area contributed by atoms with Crippen LogP contribution in [0.1, 0.15) is 65.2 Å². The fourth-order valence-electron chi connectivity index (χ4n) is 1.38. The molecular weight excluding hydrogens is 212 g/mol. The topological polar surface area (TPSA) is 0 Å². The second kappa shape index (κ2) is 9.57. The van der Waals surface area contributed by atoms with Gasteiger partial charge in [-0.1, -0.05) is 74.7 Å². The highest BCUT2D eigenvalue weighted by atomic mass is 79.9. The molecule has 12 heavy (non-hydrogen) atoms. The Bertz CT molecular complexity index is 79.1. The van der Waals surface area contributed by atoms with Crippen molar-refractivity contribution in [2.75, 3.05) is 0 Å². The molecule has 0 rings (SSSR count). The molecule has 0 aliphatic heterocycles. The minimum Gasteiger partial charge on any atom is -0.0894 e. The van der Waals surface area contributed by atoms with E-state index >= 15 is 0 Å². The quantitative estimate of drug-likeness (QED) is 0.414. The van der Waals surface area contributed by atoms with Crippen LogP contribution < -0.4 is 0 Å². The zero-order valence-electron chi connectivity index (χ0n) is 8.61. The molecule has 0 saturated carbocycles. The molecule has 0 aliphatic rings. The molecule has 0 unspecified atom stereocenters. The lowest BCUT2D eigenvalue weighted by atomic mass is 10.1. The Labute approximate surface area is 86.3 Å². The molecule has 74 valence electrons. The van der Waals surface area contributed by atoms with Crippen LogP contribution in [0.4, 0.5) is 0 Å². The molecule has 0 radical (unpaired) electrons. The third kappa shape index (κ3) is 10.5. The van der Waals surface area contributed by atoms with Crippen molar-refractivity contribution >= 4 is 15.9 Å². The highest BCUT2D eigenvalue weighted by Crippen LogP contribution is 2.12. The molecule has 1 atom stereocenters. The normalized spacial score (nSPS) is 13.2. The minimum atomic E-state index is 0.716. The summed E-state index contributed by atoms with van der Waals surface area (Å²) in [6, 6.07) is 0. The predicted molar refractivity (Wildman–Crippen MR) is 61.0 cm³/mol. The van der Waals surface area contributed by atoms with Crippen LogP contribution in [0.2, 0.25) is 0 Å². The summed E-state index contributed by atoms with van der Waals surface area (Å²) in [5.41, 5.74) is 0. The monoisotopic (exact) mass is 234 g/mol.